The highest BCUT2D eigenvalue weighted by Gasteiger charge is 2.22. The van der Waals surface area contributed by atoms with Gasteiger partial charge in [0, 0.05) is 49.3 Å². The summed E-state index contributed by atoms with van der Waals surface area (Å²) in [6, 6.07) is 18.2. The molecule has 0 N–H and O–H groups in total. The molecule has 3 aromatic carbocycles. The first-order valence-corrected chi connectivity index (χ1v) is 19.6. The second kappa shape index (κ2) is 21.2. The monoisotopic (exact) mass is 720 g/mol. The molecule has 0 saturated heterocycles. The van der Waals surface area contributed by atoms with Crippen LogP contribution in [-0.2, 0) is 13.0 Å². The van der Waals surface area contributed by atoms with E-state index in [0.717, 1.165) is 128 Å². The molecule has 0 radical (unpaired) electrons. The summed E-state index contributed by atoms with van der Waals surface area (Å²) in [5, 5.41) is 0.737. The Bertz CT molecular complexity index is 1600. The first-order chi connectivity index (χ1) is 24.8. The molecule has 0 aliphatic heterocycles. The predicted octanol–water partition coefficient (Wildman–Crippen LogP) is 9.79. The fourth-order valence-corrected chi connectivity index (χ4v) is 6.33. The third-order valence-electron chi connectivity index (χ3n) is 9.21. The van der Waals surface area contributed by atoms with E-state index in [2.05, 4.69) is 61.1 Å². The van der Waals surface area contributed by atoms with Crippen LogP contribution in [-0.4, -0.2) is 84.5 Å². The smallest absolute Gasteiger partial charge is 0.151 e. The number of hydrogen-bond donors (Lipinski definition) is 0. The van der Waals surface area contributed by atoms with Crippen molar-refractivity contribution in [2.24, 2.45) is 0 Å². The van der Waals surface area contributed by atoms with Crippen LogP contribution < -0.4 is 18.9 Å². The van der Waals surface area contributed by atoms with E-state index >= 15 is 0 Å². The molecule has 8 nitrogen and oxygen atoms in total. The fourth-order valence-electron chi connectivity index (χ4n) is 6.20. The number of rotatable bonds is 24. The maximum Gasteiger partial charge on any atom is 0.151 e. The predicted molar refractivity (Wildman–Crippen MR) is 212 cm³/mol. The van der Waals surface area contributed by atoms with Crippen LogP contribution in [0.15, 0.2) is 54.6 Å². The van der Waals surface area contributed by atoms with Gasteiger partial charge in [-0.15, -0.1) is 0 Å². The van der Waals surface area contributed by atoms with Gasteiger partial charge in [-0.25, -0.2) is 4.98 Å². The Kier molecular flexibility index (Phi) is 16.7. The second-order valence-electron chi connectivity index (χ2n) is 13.2. The molecule has 0 aliphatic rings. The third kappa shape index (κ3) is 12.0. The summed E-state index contributed by atoms with van der Waals surface area (Å²) < 4.78 is 27.9. The number of unbranched alkanes of at least 4 members (excludes halogenated alkanes) is 1. The van der Waals surface area contributed by atoms with Crippen molar-refractivity contribution in [2.45, 2.75) is 93.2 Å². The van der Waals surface area contributed by atoms with Crippen LogP contribution in [0.2, 0.25) is 5.02 Å². The number of fused-ring (bicyclic) bond motifs is 1. The summed E-state index contributed by atoms with van der Waals surface area (Å²) in [7, 11) is 0. The zero-order valence-corrected chi connectivity index (χ0v) is 32.9. The van der Waals surface area contributed by atoms with Gasteiger partial charge in [-0.1, -0.05) is 64.8 Å². The van der Waals surface area contributed by atoms with Gasteiger partial charge in [-0.2, -0.15) is 0 Å². The van der Waals surface area contributed by atoms with Gasteiger partial charge in [0.2, 0.25) is 0 Å². The van der Waals surface area contributed by atoms with Gasteiger partial charge in [0.25, 0.3) is 0 Å². The van der Waals surface area contributed by atoms with Crippen LogP contribution in [0, 0.1) is 0 Å². The Morgan fingerprint density at radius 1 is 0.706 bits per heavy atom. The maximum atomic E-state index is 6.59. The molecule has 0 aliphatic carbocycles. The van der Waals surface area contributed by atoms with Gasteiger partial charge >= 0.3 is 0 Å². The van der Waals surface area contributed by atoms with E-state index in [9.17, 15) is 0 Å². The molecule has 4 rings (SSSR count). The highest BCUT2D eigenvalue weighted by atomic mass is 35.5. The first-order valence-electron chi connectivity index (χ1n) is 19.2. The second-order valence-corrected chi connectivity index (χ2v) is 13.7. The van der Waals surface area contributed by atoms with Crippen LogP contribution in [0.3, 0.4) is 0 Å². The highest BCUT2D eigenvalue weighted by molar-refractivity contribution is 6.30. The van der Waals surface area contributed by atoms with Crippen LogP contribution >= 0.6 is 11.6 Å². The SMILES string of the molecule is CCCCn1c(-c2ccc(OCCc3ccc(Cl)cc3)cc2OCCCN(CC)CC)nc2c(OC(C)C)cc(OCCCN(CC)CC)cc21. The lowest BCUT2D eigenvalue weighted by Crippen LogP contribution is -2.25. The van der Waals surface area contributed by atoms with Crippen molar-refractivity contribution in [2.75, 3.05) is 59.1 Å². The van der Waals surface area contributed by atoms with Crippen molar-refractivity contribution in [3.05, 3.63) is 65.2 Å². The lowest BCUT2D eigenvalue weighted by molar-refractivity contribution is 0.238. The van der Waals surface area contributed by atoms with E-state index in [4.69, 9.17) is 35.5 Å². The van der Waals surface area contributed by atoms with E-state index in [-0.39, 0.29) is 6.10 Å². The molecule has 280 valence electrons. The van der Waals surface area contributed by atoms with E-state index in [1.165, 1.54) is 5.56 Å². The lowest BCUT2D eigenvalue weighted by Gasteiger charge is -2.19. The Hall–Kier alpha value is -3.46. The van der Waals surface area contributed by atoms with E-state index in [1.807, 2.05) is 56.3 Å². The first kappa shape index (κ1) is 40.3. The van der Waals surface area contributed by atoms with Crippen molar-refractivity contribution >= 4 is 22.6 Å². The van der Waals surface area contributed by atoms with Gasteiger partial charge in [-0.05, 0) is 89.1 Å². The molecule has 0 bridgehead atoms. The number of nitrogens with zero attached hydrogens (tertiary/aromatic N) is 4. The normalized spacial score (nSPS) is 11.7. The number of halogens is 1. The maximum absolute atomic E-state index is 6.59. The molecule has 0 atom stereocenters. The summed E-state index contributed by atoms with van der Waals surface area (Å²) in [4.78, 5) is 10.1. The Balaban J connectivity index is 1.69. The van der Waals surface area contributed by atoms with E-state index in [0.29, 0.717) is 19.8 Å². The molecular formula is C42H61ClN4O4. The fraction of sp³-hybridized carbons (Fsp3) is 0.548. The lowest BCUT2D eigenvalue weighted by atomic mass is 10.1. The summed E-state index contributed by atoms with van der Waals surface area (Å²) >= 11 is 6.09. The quantitative estimate of drug-likeness (QED) is 0.0668. The Morgan fingerprint density at radius 2 is 1.33 bits per heavy atom. The standard InChI is InChI=1S/C42H61ClN4O4/c1-8-13-25-47-38-29-36(48-26-14-23-45(9-2)10-3)31-40(51-32(6)7)41(38)44-42(47)37-21-20-35(49-28-22-33-16-18-34(43)19-17-33)30-39(37)50-27-15-24-46(11-4)12-5/h16-21,29-32H,8-15,22-28H2,1-7H3. The average molecular weight is 721 g/mol. The number of imidazole rings is 1. The van der Waals surface area contributed by atoms with Crippen molar-refractivity contribution in [1.29, 1.82) is 0 Å². The zero-order chi connectivity index (χ0) is 36.6. The zero-order valence-electron chi connectivity index (χ0n) is 32.2. The van der Waals surface area contributed by atoms with Gasteiger partial charge in [0.05, 0.1) is 37.0 Å². The van der Waals surface area contributed by atoms with E-state index < -0.39 is 0 Å². The largest absolute Gasteiger partial charge is 0.493 e. The number of benzene rings is 3. The van der Waals surface area contributed by atoms with Crippen LogP contribution in [0.25, 0.3) is 22.4 Å². The molecule has 1 heterocycles. The summed E-state index contributed by atoms with van der Waals surface area (Å²) in [6.45, 7) is 23.9. The molecule has 0 fully saturated rings. The summed E-state index contributed by atoms with van der Waals surface area (Å²) in [5.41, 5.74) is 3.96. The Morgan fingerprint density at radius 3 is 1.96 bits per heavy atom. The van der Waals surface area contributed by atoms with Gasteiger partial charge in [-0.3, -0.25) is 0 Å². The molecule has 1 aromatic heterocycles. The van der Waals surface area contributed by atoms with Crippen LogP contribution in [0.1, 0.15) is 79.7 Å². The minimum absolute atomic E-state index is 0.00985. The molecule has 0 unspecified atom stereocenters. The average Bonchev–Trinajstić information content (AvgIpc) is 3.49. The number of ether oxygens (including phenoxy) is 4. The minimum atomic E-state index is -0.00985. The van der Waals surface area contributed by atoms with Crippen molar-refractivity contribution in [1.82, 2.24) is 19.4 Å². The highest BCUT2D eigenvalue weighted by Crippen LogP contribution is 2.39. The Labute approximate surface area is 312 Å². The summed E-state index contributed by atoms with van der Waals surface area (Å²) in [5.74, 6) is 3.94. The van der Waals surface area contributed by atoms with Gasteiger partial charge in [0.15, 0.2) is 5.75 Å². The topological polar surface area (TPSA) is 61.2 Å². The van der Waals surface area contributed by atoms with Crippen LogP contribution in [0.4, 0.5) is 0 Å². The minimum Gasteiger partial charge on any atom is -0.493 e. The van der Waals surface area contributed by atoms with Crippen molar-refractivity contribution in [3.63, 3.8) is 0 Å². The third-order valence-corrected chi connectivity index (χ3v) is 9.46. The van der Waals surface area contributed by atoms with Gasteiger partial charge in [0.1, 0.15) is 28.6 Å². The number of aryl methyl sites for hydroxylation is 1. The number of aromatic nitrogens is 2. The van der Waals surface area contributed by atoms with Crippen LogP contribution in [0.5, 0.6) is 23.0 Å². The molecule has 0 saturated carbocycles. The molecular weight excluding hydrogens is 660 g/mol. The van der Waals surface area contributed by atoms with Gasteiger partial charge < -0.3 is 33.3 Å². The summed E-state index contributed by atoms with van der Waals surface area (Å²) in [6.07, 6.45) is 4.74. The molecule has 51 heavy (non-hydrogen) atoms. The number of hydrogen-bond acceptors (Lipinski definition) is 7. The molecule has 0 amide bonds. The molecule has 9 heteroatoms. The van der Waals surface area contributed by atoms with E-state index in [1.54, 1.807) is 0 Å². The van der Waals surface area contributed by atoms with Crippen molar-refractivity contribution < 1.29 is 18.9 Å². The molecule has 0 spiro atoms. The van der Waals surface area contributed by atoms with Crippen molar-refractivity contribution in [3.8, 4) is 34.4 Å². The molecule has 4 aromatic rings.